The van der Waals surface area contributed by atoms with Gasteiger partial charge in [-0.1, -0.05) is 20.8 Å². The molecule has 1 rings (SSSR count). The van der Waals surface area contributed by atoms with Gasteiger partial charge in [-0.3, -0.25) is 0 Å². The average Bonchev–Trinajstić information content (AvgIpc) is 2.23. The molecule has 0 aliphatic carbocycles. The van der Waals surface area contributed by atoms with Gasteiger partial charge in [0.05, 0.1) is 0 Å². The maximum absolute atomic E-state index is 13.6. The van der Waals surface area contributed by atoms with Crippen molar-refractivity contribution in [2.75, 3.05) is 7.05 Å². The van der Waals surface area contributed by atoms with Crippen LogP contribution >= 0.6 is 0 Å². The zero-order valence-corrected chi connectivity index (χ0v) is 10.2. The van der Waals surface area contributed by atoms with Crippen LogP contribution in [0.15, 0.2) is 18.2 Å². The number of halogens is 2. The van der Waals surface area contributed by atoms with E-state index in [4.69, 9.17) is 0 Å². The number of hydrogen-bond acceptors (Lipinski definition) is 1. The summed E-state index contributed by atoms with van der Waals surface area (Å²) in [4.78, 5) is 0. The van der Waals surface area contributed by atoms with Crippen molar-refractivity contribution in [3.05, 3.63) is 35.4 Å². The van der Waals surface area contributed by atoms with E-state index in [-0.39, 0.29) is 17.8 Å². The zero-order chi connectivity index (χ0) is 12.3. The molecular weight excluding hydrogens is 208 g/mol. The quantitative estimate of drug-likeness (QED) is 0.830. The summed E-state index contributed by atoms with van der Waals surface area (Å²) >= 11 is 0. The Morgan fingerprint density at radius 3 is 2.25 bits per heavy atom. The van der Waals surface area contributed by atoms with Crippen LogP contribution in [0.25, 0.3) is 0 Å². The van der Waals surface area contributed by atoms with Crippen LogP contribution in [0.2, 0.25) is 0 Å². The molecule has 90 valence electrons. The van der Waals surface area contributed by atoms with Gasteiger partial charge in [0, 0.05) is 11.6 Å². The van der Waals surface area contributed by atoms with E-state index in [0.29, 0.717) is 11.5 Å². The number of nitrogens with one attached hydrogen (secondary N) is 1. The molecular formula is C13H19F2N. The van der Waals surface area contributed by atoms with Crippen molar-refractivity contribution in [2.45, 2.75) is 26.8 Å². The fraction of sp³-hybridized carbons (Fsp3) is 0.538. The van der Waals surface area contributed by atoms with Gasteiger partial charge in [0.1, 0.15) is 11.6 Å². The third-order valence-corrected chi connectivity index (χ3v) is 3.18. The van der Waals surface area contributed by atoms with Crippen molar-refractivity contribution in [3.63, 3.8) is 0 Å². The van der Waals surface area contributed by atoms with Crippen molar-refractivity contribution >= 4 is 0 Å². The van der Waals surface area contributed by atoms with Gasteiger partial charge >= 0.3 is 0 Å². The first-order chi connectivity index (χ1) is 7.47. The highest BCUT2D eigenvalue weighted by Gasteiger charge is 2.23. The number of rotatable bonds is 4. The van der Waals surface area contributed by atoms with Crippen molar-refractivity contribution in [1.29, 1.82) is 0 Å². The Kier molecular flexibility index (Phi) is 4.42. The summed E-state index contributed by atoms with van der Waals surface area (Å²) in [5, 5.41) is 3.06. The van der Waals surface area contributed by atoms with E-state index < -0.39 is 5.82 Å². The fourth-order valence-corrected chi connectivity index (χ4v) is 1.84. The topological polar surface area (TPSA) is 12.0 Å². The molecule has 0 radical (unpaired) electrons. The molecule has 2 unspecified atom stereocenters. The number of hydrogen-bond donors (Lipinski definition) is 1. The van der Waals surface area contributed by atoms with Gasteiger partial charge < -0.3 is 5.32 Å². The van der Waals surface area contributed by atoms with E-state index in [1.54, 1.807) is 7.05 Å². The summed E-state index contributed by atoms with van der Waals surface area (Å²) in [6, 6.07) is 3.44. The van der Waals surface area contributed by atoms with Crippen LogP contribution in [0.4, 0.5) is 8.78 Å². The molecule has 16 heavy (non-hydrogen) atoms. The predicted molar refractivity (Wildman–Crippen MR) is 62.2 cm³/mol. The van der Waals surface area contributed by atoms with E-state index in [2.05, 4.69) is 19.2 Å². The molecule has 0 amide bonds. The lowest BCUT2D eigenvalue weighted by Crippen LogP contribution is -2.27. The van der Waals surface area contributed by atoms with Crippen LogP contribution in [0.1, 0.15) is 32.4 Å². The molecule has 0 spiro atoms. The van der Waals surface area contributed by atoms with Crippen LogP contribution in [-0.2, 0) is 0 Å². The lowest BCUT2D eigenvalue weighted by Gasteiger charge is -2.27. The Labute approximate surface area is 95.9 Å². The highest BCUT2D eigenvalue weighted by Crippen LogP contribution is 2.29. The molecule has 1 aromatic carbocycles. The second-order valence-corrected chi connectivity index (χ2v) is 4.54. The lowest BCUT2D eigenvalue weighted by molar-refractivity contribution is 0.309. The Balaban J connectivity index is 3.07. The molecule has 0 aliphatic rings. The van der Waals surface area contributed by atoms with Crippen molar-refractivity contribution in [2.24, 2.45) is 11.8 Å². The minimum atomic E-state index is -0.396. The van der Waals surface area contributed by atoms with E-state index >= 15 is 0 Å². The molecule has 1 N–H and O–H groups in total. The standard InChI is InChI=1S/C13H19F2N/c1-8(2)9(3)13(16-4)11-7-10(14)5-6-12(11)15/h5-9,13,16H,1-4H3. The molecule has 3 heteroatoms. The van der Waals surface area contributed by atoms with Crippen LogP contribution in [0.5, 0.6) is 0 Å². The molecule has 0 bridgehead atoms. The van der Waals surface area contributed by atoms with Gasteiger partial charge in [0.15, 0.2) is 0 Å². The lowest BCUT2D eigenvalue weighted by atomic mass is 9.86. The Bertz CT molecular complexity index is 350. The summed E-state index contributed by atoms with van der Waals surface area (Å²) in [6.45, 7) is 6.19. The van der Waals surface area contributed by atoms with Gasteiger partial charge in [-0.25, -0.2) is 8.78 Å². The third kappa shape index (κ3) is 2.79. The minimum absolute atomic E-state index is 0.157. The van der Waals surface area contributed by atoms with Gasteiger partial charge in [-0.2, -0.15) is 0 Å². The highest BCUT2D eigenvalue weighted by atomic mass is 19.1. The third-order valence-electron chi connectivity index (χ3n) is 3.18. The Morgan fingerprint density at radius 1 is 1.12 bits per heavy atom. The van der Waals surface area contributed by atoms with Crippen molar-refractivity contribution in [3.8, 4) is 0 Å². The first-order valence-electron chi connectivity index (χ1n) is 5.59. The first-order valence-corrected chi connectivity index (χ1v) is 5.59. The molecule has 0 aliphatic heterocycles. The summed E-state index contributed by atoms with van der Waals surface area (Å²) < 4.78 is 26.7. The summed E-state index contributed by atoms with van der Waals surface area (Å²) in [6.07, 6.45) is 0. The molecule has 0 saturated carbocycles. The average molecular weight is 227 g/mol. The van der Waals surface area contributed by atoms with Crippen LogP contribution in [0.3, 0.4) is 0 Å². The largest absolute Gasteiger partial charge is 0.313 e. The number of benzene rings is 1. The van der Waals surface area contributed by atoms with E-state index in [1.165, 1.54) is 12.1 Å². The van der Waals surface area contributed by atoms with Crippen LogP contribution in [-0.4, -0.2) is 7.05 Å². The predicted octanol–water partition coefficient (Wildman–Crippen LogP) is 3.52. The second-order valence-electron chi connectivity index (χ2n) is 4.54. The van der Waals surface area contributed by atoms with E-state index in [0.717, 1.165) is 6.07 Å². The zero-order valence-electron chi connectivity index (χ0n) is 10.2. The monoisotopic (exact) mass is 227 g/mol. The summed E-state index contributed by atoms with van der Waals surface area (Å²) in [5.74, 6) is -0.109. The SMILES string of the molecule is CNC(c1cc(F)ccc1F)C(C)C(C)C. The van der Waals surface area contributed by atoms with Crippen molar-refractivity contribution in [1.82, 2.24) is 5.32 Å². The molecule has 0 fully saturated rings. The van der Waals surface area contributed by atoms with E-state index in [9.17, 15) is 8.78 Å². The van der Waals surface area contributed by atoms with Gasteiger partial charge in [-0.15, -0.1) is 0 Å². The summed E-state index contributed by atoms with van der Waals surface area (Å²) in [7, 11) is 1.77. The molecule has 0 heterocycles. The summed E-state index contributed by atoms with van der Waals surface area (Å²) in [5.41, 5.74) is 0.406. The second kappa shape index (κ2) is 5.39. The van der Waals surface area contributed by atoms with Crippen LogP contribution < -0.4 is 5.32 Å². The molecule has 1 aromatic rings. The molecule has 1 nitrogen and oxygen atoms in total. The Hall–Kier alpha value is -0.960. The van der Waals surface area contributed by atoms with E-state index in [1.807, 2.05) is 6.92 Å². The first kappa shape index (κ1) is 13.1. The van der Waals surface area contributed by atoms with Crippen molar-refractivity contribution < 1.29 is 8.78 Å². The highest BCUT2D eigenvalue weighted by molar-refractivity contribution is 5.23. The van der Waals surface area contributed by atoms with Gasteiger partial charge in [0.2, 0.25) is 0 Å². The maximum Gasteiger partial charge on any atom is 0.128 e. The maximum atomic E-state index is 13.6. The van der Waals surface area contributed by atoms with Crippen LogP contribution in [0, 0.1) is 23.5 Å². The molecule has 0 saturated heterocycles. The normalized spacial score (nSPS) is 15.2. The minimum Gasteiger partial charge on any atom is -0.313 e. The Morgan fingerprint density at radius 2 is 1.75 bits per heavy atom. The molecule has 2 atom stereocenters. The fourth-order valence-electron chi connectivity index (χ4n) is 1.84. The molecule has 0 aromatic heterocycles. The van der Waals surface area contributed by atoms with Gasteiger partial charge in [-0.05, 0) is 37.1 Å². The van der Waals surface area contributed by atoms with Gasteiger partial charge in [0.25, 0.3) is 0 Å². The smallest absolute Gasteiger partial charge is 0.128 e.